The molecule has 4 unspecified atom stereocenters. The average Bonchev–Trinajstić information content (AvgIpc) is 2.93. The number of fused-ring (bicyclic) bond motifs is 1. The highest BCUT2D eigenvalue weighted by atomic mass is 32.2. The maximum atomic E-state index is 12.4. The molecule has 1 aromatic rings. The SMILES string of the molecule is COC1C2SC3C(OC(=O)c4cccc(C(C)=O)c4)[C@@H]1C[C@@H]23. The van der Waals surface area contributed by atoms with E-state index in [1.54, 1.807) is 31.4 Å². The molecule has 3 fully saturated rings. The molecule has 2 aliphatic carbocycles. The largest absolute Gasteiger partial charge is 0.457 e. The molecule has 0 radical (unpaired) electrons. The van der Waals surface area contributed by atoms with Crippen LogP contribution < -0.4 is 0 Å². The van der Waals surface area contributed by atoms with Gasteiger partial charge in [0.05, 0.1) is 11.7 Å². The second kappa shape index (κ2) is 5.10. The Kier molecular flexibility index (Phi) is 3.31. The summed E-state index contributed by atoms with van der Waals surface area (Å²) in [5.74, 6) is 0.582. The molecule has 0 aromatic heterocycles. The van der Waals surface area contributed by atoms with Gasteiger partial charge in [-0.1, -0.05) is 12.1 Å². The first-order valence-corrected chi connectivity index (χ1v) is 8.54. The number of carbonyl (C=O) groups excluding carboxylic acids is 2. The number of benzene rings is 1. The number of hydrogen-bond acceptors (Lipinski definition) is 5. The van der Waals surface area contributed by atoms with Gasteiger partial charge in [0.25, 0.3) is 0 Å². The zero-order chi connectivity index (χ0) is 15.4. The summed E-state index contributed by atoms with van der Waals surface area (Å²) in [5.41, 5.74) is 0.987. The molecule has 0 N–H and O–H groups in total. The van der Waals surface area contributed by atoms with Crippen LogP contribution in [0.15, 0.2) is 24.3 Å². The molecule has 3 aliphatic rings. The number of ether oxygens (including phenoxy) is 2. The van der Waals surface area contributed by atoms with Gasteiger partial charge in [0.1, 0.15) is 6.10 Å². The lowest BCUT2D eigenvalue weighted by molar-refractivity contribution is -0.0307. The minimum absolute atomic E-state index is 0.0496. The molecule has 116 valence electrons. The third kappa shape index (κ3) is 1.95. The predicted molar refractivity (Wildman–Crippen MR) is 83.2 cm³/mol. The Morgan fingerprint density at radius 2 is 1.86 bits per heavy atom. The maximum absolute atomic E-state index is 12.4. The normalized spacial score (nSPS) is 37.7. The van der Waals surface area contributed by atoms with Crippen LogP contribution in [0.25, 0.3) is 0 Å². The van der Waals surface area contributed by atoms with Crippen LogP contribution in [-0.2, 0) is 9.47 Å². The average molecular weight is 318 g/mol. The van der Waals surface area contributed by atoms with Crippen molar-refractivity contribution in [2.75, 3.05) is 7.11 Å². The number of Topliss-reactive ketones (excluding diaryl/α,β-unsaturated/α-hetero) is 1. The van der Waals surface area contributed by atoms with E-state index in [0.717, 1.165) is 6.42 Å². The van der Waals surface area contributed by atoms with E-state index in [4.69, 9.17) is 9.47 Å². The Morgan fingerprint density at radius 1 is 1.14 bits per heavy atom. The van der Waals surface area contributed by atoms with Crippen molar-refractivity contribution in [3.8, 4) is 0 Å². The van der Waals surface area contributed by atoms with Gasteiger partial charge in [-0.25, -0.2) is 4.79 Å². The van der Waals surface area contributed by atoms with Crippen LogP contribution in [0.2, 0.25) is 0 Å². The number of methoxy groups -OCH3 is 1. The van der Waals surface area contributed by atoms with E-state index >= 15 is 0 Å². The van der Waals surface area contributed by atoms with Crippen molar-refractivity contribution in [3.05, 3.63) is 35.4 Å². The summed E-state index contributed by atoms with van der Waals surface area (Å²) in [6.45, 7) is 1.49. The maximum Gasteiger partial charge on any atom is 0.338 e. The van der Waals surface area contributed by atoms with Gasteiger partial charge in [-0.2, -0.15) is 0 Å². The minimum Gasteiger partial charge on any atom is -0.457 e. The molecule has 4 nitrogen and oxygen atoms in total. The van der Waals surface area contributed by atoms with E-state index in [1.165, 1.54) is 6.92 Å². The van der Waals surface area contributed by atoms with Crippen LogP contribution in [0.4, 0.5) is 0 Å². The van der Waals surface area contributed by atoms with E-state index in [-0.39, 0.29) is 24.0 Å². The number of carbonyl (C=O) groups is 2. The highest BCUT2D eigenvalue weighted by Gasteiger charge is 2.67. The second-order valence-corrected chi connectivity index (χ2v) is 7.70. The molecule has 1 aromatic carbocycles. The quantitative estimate of drug-likeness (QED) is 0.631. The van der Waals surface area contributed by atoms with Crippen LogP contribution in [0.1, 0.15) is 34.1 Å². The lowest BCUT2D eigenvalue weighted by Gasteiger charge is -2.48. The molecule has 6 atom stereocenters. The van der Waals surface area contributed by atoms with Crippen LogP contribution in [0, 0.1) is 11.8 Å². The van der Waals surface area contributed by atoms with E-state index in [2.05, 4.69) is 0 Å². The van der Waals surface area contributed by atoms with Crippen molar-refractivity contribution in [2.24, 2.45) is 11.8 Å². The summed E-state index contributed by atoms with van der Waals surface area (Å²) < 4.78 is 11.4. The summed E-state index contributed by atoms with van der Waals surface area (Å²) >= 11 is 1.89. The Morgan fingerprint density at radius 3 is 2.55 bits per heavy atom. The summed E-state index contributed by atoms with van der Waals surface area (Å²) in [5, 5.41) is 1.03. The van der Waals surface area contributed by atoms with Gasteiger partial charge in [0.15, 0.2) is 5.78 Å². The fourth-order valence-corrected chi connectivity index (χ4v) is 6.10. The lowest BCUT2D eigenvalue weighted by atomic mass is 9.92. The number of thioether (sulfide) groups is 1. The fourth-order valence-electron chi connectivity index (χ4n) is 4.17. The summed E-state index contributed by atoms with van der Waals surface area (Å²) in [7, 11) is 1.74. The standard InChI is InChI=1S/C17H18O4S/c1-8(18)9-4-3-5-10(6-9)17(19)21-14-11-7-12-15(13(11)20-2)22-16(12)14/h3-6,11-16H,7H2,1-2H3/t11-,12+,13?,14?,15?,16?/m1/s1. The summed E-state index contributed by atoms with van der Waals surface area (Å²) in [6.07, 6.45) is 1.26. The van der Waals surface area contributed by atoms with Gasteiger partial charge in [-0.3, -0.25) is 4.79 Å². The van der Waals surface area contributed by atoms with Gasteiger partial charge >= 0.3 is 5.97 Å². The Balaban J connectivity index is 1.51. The monoisotopic (exact) mass is 318 g/mol. The molecule has 0 amide bonds. The zero-order valence-corrected chi connectivity index (χ0v) is 13.3. The smallest absolute Gasteiger partial charge is 0.338 e. The van der Waals surface area contributed by atoms with Crippen molar-refractivity contribution in [1.82, 2.24) is 0 Å². The lowest BCUT2D eigenvalue weighted by Crippen LogP contribution is -2.55. The zero-order valence-electron chi connectivity index (χ0n) is 12.5. The topological polar surface area (TPSA) is 52.6 Å². The van der Waals surface area contributed by atoms with Gasteiger partial charge in [-0.05, 0) is 31.4 Å². The minimum atomic E-state index is -0.334. The highest BCUT2D eigenvalue weighted by Crippen LogP contribution is 2.65. The van der Waals surface area contributed by atoms with Crippen molar-refractivity contribution in [2.45, 2.75) is 36.1 Å². The molecular weight excluding hydrogens is 300 g/mol. The summed E-state index contributed by atoms with van der Waals surface area (Å²) in [4.78, 5) is 23.9. The Bertz CT molecular complexity index is 643. The molecule has 5 heteroatoms. The number of esters is 1. The van der Waals surface area contributed by atoms with Crippen molar-refractivity contribution in [1.29, 1.82) is 0 Å². The third-order valence-electron chi connectivity index (χ3n) is 5.21. The second-order valence-electron chi connectivity index (χ2n) is 6.34. The van der Waals surface area contributed by atoms with E-state index in [9.17, 15) is 9.59 Å². The molecule has 0 spiro atoms. The molecular formula is C17H18O4S. The fraction of sp³-hybridized carbons (Fsp3) is 0.529. The van der Waals surface area contributed by atoms with E-state index in [1.807, 2.05) is 11.8 Å². The third-order valence-corrected chi connectivity index (χ3v) is 7.08. The van der Waals surface area contributed by atoms with Crippen molar-refractivity contribution < 1.29 is 19.1 Å². The predicted octanol–water partition coefficient (Wildman–Crippen LogP) is 2.56. The van der Waals surface area contributed by atoms with Gasteiger partial charge in [-0.15, -0.1) is 11.8 Å². The van der Waals surface area contributed by atoms with Gasteiger partial charge < -0.3 is 9.47 Å². The Hall–Kier alpha value is -1.33. The molecule has 2 bridgehead atoms. The first-order valence-electron chi connectivity index (χ1n) is 7.60. The van der Waals surface area contributed by atoms with Gasteiger partial charge in [0, 0.05) is 29.1 Å². The Labute approximate surface area is 133 Å². The van der Waals surface area contributed by atoms with Crippen LogP contribution in [0.3, 0.4) is 0 Å². The molecule has 1 heterocycles. The van der Waals surface area contributed by atoms with Gasteiger partial charge in [0.2, 0.25) is 0 Å². The summed E-state index contributed by atoms with van der Waals surface area (Å²) in [6, 6.07) is 6.75. The van der Waals surface area contributed by atoms with E-state index < -0.39 is 0 Å². The molecule has 1 aliphatic heterocycles. The van der Waals surface area contributed by atoms with Crippen LogP contribution in [0.5, 0.6) is 0 Å². The molecule has 1 saturated heterocycles. The molecule has 2 saturated carbocycles. The highest BCUT2D eigenvalue weighted by molar-refractivity contribution is 8.02. The number of rotatable bonds is 4. The van der Waals surface area contributed by atoms with E-state index in [0.29, 0.717) is 33.5 Å². The first-order chi connectivity index (χ1) is 10.6. The number of hydrogen-bond donors (Lipinski definition) is 0. The first kappa shape index (κ1) is 14.3. The van der Waals surface area contributed by atoms with Crippen LogP contribution >= 0.6 is 11.8 Å². The molecule has 22 heavy (non-hydrogen) atoms. The molecule has 4 rings (SSSR count). The van der Waals surface area contributed by atoms with Crippen molar-refractivity contribution >= 4 is 23.5 Å². The van der Waals surface area contributed by atoms with Crippen LogP contribution in [-0.4, -0.2) is 41.6 Å². The number of ketones is 1. The van der Waals surface area contributed by atoms with Crippen molar-refractivity contribution in [3.63, 3.8) is 0 Å².